The molecule has 16 heavy (non-hydrogen) atoms. The van der Waals surface area contributed by atoms with Gasteiger partial charge in [-0.3, -0.25) is 4.79 Å². The first-order valence-electron chi connectivity index (χ1n) is 4.55. The molecule has 0 saturated heterocycles. The summed E-state index contributed by atoms with van der Waals surface area (Å²) in [6.07, 6.45) is -0.741. The summed E-state index contributed by atoms with van der Waals surface area (Å²) < 4.78 is 28.6. The predicted molar refractivity (Wildman–Crippen MR) is 52.8 cm³/mol. The Balaban J connectivity index is 2.31. The smallest absolute Gasteiger partial charge is 0.265 e. The van der Waals surface area contributed by atoms with E-state index in [-0.39, 0.29) is 0 Å². The molecule has 0 saturated carbocycles. The zero-order valence-electron chi connectivity index (χ0n) is 8.27. The summed E-state index contributed by atoms with van der Waals surface area (Å²) in [7, 11) is 0. The minimum atomic E-state index is -2.87. The molecule has 0 aliphatic carbocycles. The third-order valence-electron chi connectivity index (χ3n) is 1.72. The van der Waals surface area contributed by atoms with Crippen LogP contribution in [0, 0.1) is 0 Å². The topological polar surface area (TPSA) is 62.5 Å². The number of halogens is 2. The van der Waals surface area contributed by atoms with E-state index in [1.807, 2.05) is 0 Å². The van der Waals surface area contributed by atoms with Crippen LogP contribution in [0.2, 0.25) is 0 Å². The average molecular weight is 231 g/mol. The highest BCUT2D eigenvalue weighted by molar-refractivity contribution is 5.91. The average Bonchev–Trinajstić information content (AvgIpc) is 2.75. The molecule has 0 spiro atoms. The lowest BCUT2D eigenvalue weighted by Gasteiger charge is -2.08. The summed E-state index contributed by atoms with van der Waals surface area (Å²) in [5.74, 6) is -0.0966. The van der Waals surface area contributed by atoms with Crippen molar-refractivity contribution in [2.45, 2.75) is 12.5 Å². The van der Waals surface area contributed by atoms with Crippen LogP contribution in [-0.4, -0.2) is 30.1 Å². The second-order valence-corrected chi connectivity index (χ2v) is 3.00. The van der Waals surface area contributed by atoms with Gasteiger partial charge in [0.05, 0.1) is 6.26 Å². The monoisotopic (exact) mass is 231 g/mol. The Kier molecular flexibility index (Phi) is 4.65. The maximum absolute atomic E-state index is 11.9. The quantitative estimate of drug-likeness (QED) is 0.744. The normalized spacial score (nSPS) is 13.2. The molecule has 88 valence electrons. The molecule has 1 atom stereocenters. The number of hydrogen-bond acceptors (Lipinski definition) is 3. The van der Waals surface area contributed by atoms with Gasteiger partial charge in [0.2, 0.25) is 5.91 Å². The second kappa shape index (κ2) is 6.02. The van der Waals surface area contributed by atoms with Crippen molar-refractivity contribution in [3.63, 3.8) is 0 Å². The van der Waals surface area contributed by atoms with Gasteiger partial charge in [-0.1, -0.05) is 0 Å². The number of aliphatic hydroxyl groups excluding tert-OH is 1. The van der Waals surface area contributed by atoms with Gasteiger partial charge >= 0.3 is 0 Å². The van der Waals surface area contributed by atoms with E-state index in [1.54, 1.807) is 12.1 Å². The van der Waals surface area contributed by atoms with E-state index < -0.39 is 25.0 Å². The van der Waals surface area contributed by atoms with Crippen molar-refractivity contribution in [2.24, 2.45) is 0 Å². The van der Waals surface area contributed by atoms with Gasteiger partial charge in [0, 0.05) is 12.6 Å². The zero-order valence-corrected chi connectivity index (χ0v) is 8.27. The first-order chi connectivity index (χ1) is 7.59. The Morgan fingerprint density at radius 2 is 2.38 bits per heavy atom. The lowest BCUT2D eigenvalue weighted by Crippen LogP contribution is -2.34. The van der Waals surface area contributed by atoms with Gasteiger partial charge in [-0.25, -0.2) is 8.78 Å². The molecular weight excluding hydrogens is 220 g/mol. The molecule has 1 aromatic heterocycles. The zero-order chi connectivity index (χ0) is 12.0. The third kappa shape index (κ3) is 4.22. The van der Waals surface area contributed by atoms with E-state index in [9.17, 15) is 13.6 Å². The molecule has 0 fully saturated rings. The molecule has 1 rings (SSSR count). The van der Waals surface area contributed by atoms with Crippen molar-refractivity contribution in [3.05, 3.63) is 30.2 Å². The Hall–Kier alpha value is -1.69. The molecule has 1 unspecified atom stereocenters. The number of carbonyl (C=O) groups excluding carboxylic acids is 1. The molecule has 0 aliphatic heterocycles. The van der Waals surface area contributed by atoms with Crippen LogP contribution in [0.5, 0.6) is 0 Å². The Morgan fingerprint density at radius 3 is 2.94 bits per heavy atom. The fourth-order valence-electron chi connectivity index (χ4n) is 0.897. The summed E-state index contributed by atoms with van der Waals surface area (Å²) >= 11 is 0. The van der Waals surface area contributed by atoms with Crippen LogP contribution in [0.4, 0.5) is 8.78 Å². The Morgan fingerprint density at radius 1 is 1.62 bits per heavy atom. The van der Waals surface area contributed by atoms with Gasteiger partial charge in [-0.2, -0.15) is 0 Å². The molecule has 4 nitrogen and oxygen atoms in total. The van der Waals surface area contributed by atoms with Crippen molar-refractivity contribution >= 4 is 12.0 Å². The number of rotatable bonds is 5. The summed E-state index contributed by atoms with van der Waals surface area (Å²) in [4.78, 5) is 11.1. The maximum atomic E-state index is 11.9. The van der Waals surface area contributed by atoms with E-state index in [1.165, 1.54) is 12.3 Å². The molecule has 0 aliphatic rings. The summed E-state index contributed by atoms with van der Waals surface area (Å²) in [6.45, 7) is -0.487. The molecule has 0 bridgehead atoms. The number of carbonyl (C=O) groups is 1. The number of furan rings is 1. The van der Waals surface area contributed by atoms with Crippen LogP contribution >= 0.6 is 0 Å². The minimum Gasteiger partial charge on any atom is -0.465 e. The molecular formula is C10H11F2NO3. The first kappa shape index (κ1) is 12.4. The summed E-state index contributed by atoms with van der Waals surface area (Å²) in [5.41, 5.74) is 0. The van der Waals surface area contributed by atoms with Crippen LogP contribution < -0.4 is 5.32 Å². The number of nitrogens with one attached hydrogen (secondary N) is 1. The van der Waals surface area contributed by atoms with E-state index in [0.29, 0.717) is 5.76 Å². The second-order valence-electron chi connectivity index (χ2n) is 3.00. The van der Waals surface area contributed by atoms with Crippen molar-refractivity contribution in [3.8, 4) is 0 Å². The highest BCUT2D eigenvalue weighted by atomic mass is 19.3. The molecule has 1 heterocycles. The van der Waals surface area contributed by atoms with E-state index in [2.05, 4.69) is 5.32 Å². The van der Waals surface area contributed by atoms with Crippen LogP contribution in [0.1, 0.15) is 5.76 Å². The van der Waals surface area contributed by atoms with Gasteiger partial charge in [0.25, 0.3) is 6.43 Å². The van der Waals surface area contributed by atoms with Gasteiger partial charge in [-0.05, 0) is 18.2 Å². The highest BCUT2D eigenvalue weighted by Crippen LogP contribution is 2.02. The van der Waals surface area contributed by atoms with Gasteiger partial charge in [0.1, 0.15) is 11.9 Å². The summed E-state index contributed by atoms with van der Waals surface area (Å²) in [6, 6.07) is 3.29. The van der Waals surface area contributed by atoms with Crippen LogP contribution in [-0.2, 0) is 4.79 Å². The van der Waals surface area contributed by atoms with Crippen LogP contribution in [0.15, 0.2) is 28.9 Å². The van der Waals surface area contributed by atoms with E-state index >= 15 is 0 Å². The van der Waals surface area contributed by atoms with Crippen LogP contribution in [0.25, 0.3) is 6.08 Å². The third-order valence-corrected chi connectivity index (χ3v) is 1.72. The lowest BCUT2D eigenvalue weighted by atomic mass is 10.3. The van der Waals surface area contributed by atoms with E-state index in [4.69, 9.17) is 9.52 Å². The SMILES string of the molecule is O=C(/C=C/c1ccco1)NCC(O)C(F)F. The predicted octanol–water partition coefficient (Wildman–Crippen LogP) is 1.03. The Labute approximate surface area is 90.6 Å². The minimum absolute atomic E-state index is 0.476. The van der Waals surface area contributed by atoms with Crippen molar-refractivity contribution < 1.29 is 23.1 Å². The first-order valence-corrected chi connectivity index (χ1v) is 4.55. The fraction of sp³-hybridized carbons (Fsp3) is 0.300. The van der Waals surface area contributed by atoms with Crippen molar-refractivity contribution in [1.82, 2.24) is 5.32 Å². The molecule has 6 heteroatoms. The number of aliphatic hydroxyl groups is 1. The maximum Gasteiger partial charge on any atom is 0.265 e. The highest BCUT2D eigenvalue weighted by Gasteiger charge is 2.16. The number of amides is 1. The number of alkyl halides is 2. The molecule has 0 radical (unpaired) electrons. The molecule has 0 aromatic carbocycles. The molecule has 1 amide bonds. The van der Waals surface area contributed by atoms with Gasteiger partial charge < -0.3 is 14.8 Å². The lowest BCUT2D eigenvalue weighted by molar-refractivity contribution is -0.117. The van der Waals surface area contributed by atoms with Crippen molar-refractivity contribution in [2.75, 3.05) is 6.54 Å². The van der Waals surface area contributed by atoms with Crippen molar-refractivity contribution in [1.29, 1.82) is 0 Å². The Bertz CT molecular complexity index is 349. The summed E-state index contributed by atoms with van der Waals surface area (Å²) in [5, 5.41) is 10.8. The molecule has 2 N–H and O–H groups in total. The standard InChI is InChI=1S/C10H11F2NO3/c11-10(12)8(14)6-13-9(15)4-3-7-2-1-5-16-7/h1-5,8,10,14H,6H2,(H,13,15)/b4-3+. The fourth-order valence-corrected chi connectivity index (χ4v) is 0.897. The largest absolute Gasteiger partial charge is 0.465 e. The van der Waals surface area contributed by atoms with Gasteiger partial charge in [0.15, 0.2) is 0 Å². The molecule has 1 aromatic rings. The van der Waals surface area contributed by atoms with Crippen LogP contribution in [0.3, 0.4) is 0 Å². The number of hydrogen-bond donors (Lipinski definition) is 2. The van der Waals surface area contributed by atoms with E-state index in [0.717, 1.165) is 6.08 Å². The van der Waals surface area contributed by atoms with Gasteiger partial charge in [-0.15, -0.1) is 0 Å².